The van der Waals surface area contributed by atoms with Gasteiger partial charge in [0.25, 0.3) is 12.3 Å². The summed E-state index contributed by atoms with van der Waals surface area (Å²) < 4.78 is 46.8. The first kappa shape index (κ1) is 44.6. The Bertz CT molecular complexity index is 2560. The molecule has 3 amide bonds. The summed E-state index contributed by atoms with van der Waals surface area (Å²) in [4.78, 5) is 60.0. The van der Waals surface area contributed by atoms with Crippen LogP contribution in [0.5, 0.6) is 0 Å². The first-order chi connectivity index (χ1) is 31.6. The number of carbonyl (C=O) groups excluding carboxylic acids is 3. The van der Waals surface area contributed by atoms with E-state index in [0.717, 1.165) is 101 Å². The molecular formula is C45H58F2N12O6. The van der Waals surface area contributed by atoms with Crippen LogP contribution in [-0.2, 0) is 32.5 Å². The van der Waals surface area contributed by atoms with Crippen molar-refractivity contribution in [1.82, 2.24) is 49.0 Å². The van der Waals surface area contributed by atoms with E-state index in [9.17, 15) is 28.0 Å². The number of aryl methyl sites for hydroxylation is 1. The number of benzene rings is 1. The van der Waals surface area contributed by atoms with Gasteiger partial charge in [0.15, 0.2) is 11.3 Å². The lowest BCUT2D eigenvalue weighted by Crippen LogP contribution is -2.48. The molecule has 1 aromatic carbocycles. The lowest BCUT2D eigenvalue weighted by molar-refractivity contribution is -0.135. The Kier molecular flexibility index (Phi) is 13.7. The molecule has 2 atom stereocenters. The van der Waals surface area contributed by atoms with Crippen LogP contribution in [0.15, 0.2) is 47.7 Å². The van der Waals surface area contributed by atoms with E-state index in [1.54, 1.807) is 22.5 Å². The molecule has 0 bridgehead atoms. The average Bonchev–Trinajstić information content (AvgIpc) is 4.01. The Hall–Kier alpha value is -5.57. The van der Waals surface area contributed by atoms with Crippen LogP contribution in [-0.4, -0.2) is 128 Å². The molecule has 9 rings (SSSR count). The zero-order valence-corrected chi connectivity index (χ0v) is 36.8. The first-order valence-corrected chi connectivity index (χ1v) is 23.0. The largest absolute Gasteiger partial charge is 0.380 e. The second-order valence-corrected chi connectivity index (χ2v) is 17.8. The summed E-state index contributed by atoms with van der Waals surface area (Å²) in [7, 11) is 1.69. The molecule has 3 N–H and O–H groups in total. The molecule has 3 aliphatic heterocycles. The number of ether oxygens (including phenoxy) is 2. The smallest absolute Gasteiger partial charge is 0.329 e. The number of piperidine rings is 2. The molecule has 0 spiro atoms. The first-order valence-electron chi connectivity index (χ1n) is 23.0. The van der Waals surface area contributed by atoms with Gasteiger partial charge >= 0.3 is 5.69 Å². The molecule has 0 radical (unpaired) electrons. The fraction of sp³-hybridized carbons (Fsp3) is 0.578. The van der Waals surface area contributed by atoms with Crippen molar-refractivity contribution in [3.05, 3.63) is 70.2 Å². The summed E-state index contributed by atoms with van der Waals surface area (Å²) in [6.07, 6.45) is 9.88. The second kappa shape index (κ2) is 19.9. The van der Waals surface area contributed by atoms with Gasteiger partial charge in [0.05, 0.1) is 54.9 Å². The molecule has 5 aromatic rings. The number of halogens is 2. The van der Waals surface area contributed by atoms with Crippen LogP contribution in [0.25, 0.3) is 16.7 Å². The van der Waals surface area contributed by atoms with Gasteiger partial charge in [-0.2, -0.15) is 10.2 Å². The molecule has 65 heavy (non-hydrogen) atoms. The number of imide groups is 1. The Balaban J connectivity index is 0.692. The number of rotatable bonds is 16. The lowest BCUT2D eigenvalue weighted by Gasteiger charge is -2.34. The van der Waals surface area contributed by atoms with Crippen LogP contribution < -0.4 is 26.5 Å². The molecule has 7 heterocycles. The van der Waals surface area contributed by atoms with Crippen LogP contribution in [0.3, 0.4) is 0 Å². The standard InChI is InChI=1S/C45H58F2N12O6/c1-54-37-23-29(7-10-35(37)59(45(54)63)36-11-12-39(60)52-44(36)62)14-20-64-21-18-55-19-22-65-32(27-55)25-48-24-30-5-8-31(9-6-30)58-28-34(40(53-58)41(46)47)50-43(61)33-26-49-57-17-13-38(51-42(33)57)56-15-3-2-4-16-56/h7,10,13,17,23,26,28,30-32,36,41,48H,2-6,8-9,11-12,14-16,18-22,24-25,27H2,1H3,(H,50,61)(H,52,60,62)/t30?,31?,32-,36?/m0/s1. The van der Waals surface area contributed by atoms with Gasteiger partial charge in [-0.1, -0.05) is 6.07 Å². The molecule has 1 aliphatic carbocycles. The van der Waals surface area contributed by atoms with Crippen LogP contribution >= 0.6 is 0 Å². The number of anilines is 2. The summed E-state index contributed by atoms with van der Waals surface area (Å²) in [6.45, 7) is 7.55. The second-order valence-electron chi connectivity index (χ2n) is 17.8. The Morgan fingerprint density at radius 2 is 1.83 bits per heavy atom. The summed E-state index contributed by atoms with van der Waals surface area (Å²) in [5.74, 6) is -0.110. The lowest BCUT2D eigenvalue weighted by atomic mass is 9.86. The molecular weight excluding hydrogens is 843 g/mol. The molecule has 1 unspecified atom stereocenters. The number of amides is 3. The van der Waals surface area contributed by atoms with Gasteiger partial charge in [-0.3, -0.25) is 38.4 Å². The maximum Gasteiger partial charge on any atom is 0.329 e. The molecule has 4 aliphatic rings. The minimum atomic E-state index is -2.85. The minimum Gasteiger partial charge on any atom is -0.380 e. The predicted molar refractivity (Wildman–Crippen MR) is 237 cm³/mol. The molecule has 4 fully saturated rings. The van der Waals surface area contributed by atoms with Gasteiger partial charge in [-0.05, 0) is 94.0 Å². The van der Waals surface area contributed by atoms with Gasteiger partial charge in [-0.15, -0.1) is 0 Å². The zero-order chi connectivity index (χ0) is 45.0. The van der Waals surface area contributed by atoms with E-state index < -0.39 is 30.0 Å². The third kappa shape index (κ3) is 10.00. The summed E-state index contributed by atoms with van der Waals surface area (Å²) >= 11 is 0. The van der Waals surface area contributed by atoms with Crippen LogP contribution in [0.4, 0.5) is 20.3 Å². The fourth-order valence-electron chi connectivity index (χ4n) is 9.81. The number of nitrogens with zero attached hydrogens (tertiary/aromatic N) is 9. The highest BCUT2D eigenvalue weighted by molar-refractivity contribution is 6.08. The van der Waals surface area contributed by atoms with Crippen molar-refractivity contribution in [1.29, 1.82) is 0 Å². The molecule has 4 aromatic heterocycles. The monoisotopic (exact) mass is 900 g/mol. The maximum atomic E-state index is 14.2. The van der Waals surface area contributed by atoms with E-state index in [0.29, 0.717) is 49.7 Å². The van der Waals surface area contributed by atoms with E-state index in [1.165, 1.54) is 27.9 Å². The van der Waals surface area contributed by atoms with Gasteiger partial charge in [0.2, 0.25) is 11.8 Å². The minimum absolute atomic E-state index is 0.000895. The van der Waals surface area contributed by atoms with E-state index in [-0.39, 0.29) is 41.4 Å². The molecule has 1 saturated carbocycles. The van der Waals surface area contributed by atoms with E-state index >= 15 is 0 Å². The highest BCUT2D eigenvalue weighted by Crippen LogP contribution is 2.35. The van der Waals surface area contributed by atoms with Crippen LogP contribution in [0.1, 0.15) is 97.9 Å². The normalized spacial score (nSPS) is 22.3. The van der Waals surface area contributed by atoms with Crippen molar-refractivity contribution < 1.29 is 32.6 Å². The number of imidazole rings is 1. The molecule has 348 valence electrons. The number of hydrogen-bond acceptors (Lipinski definition) is 12. The number of morpholine rings is 1. The van der Waals surface area contributed by atoms with Gasteiger partial charge in [0.1, 0.15) is 17.4 Å². The van der Waals surface area contributed by atoms with Crippen molar-refractivity contribution in [2.75, 3.05) is 75.9 Å². The van der Waals surface area contributed by atoms with Crippen molar-refractivity contribution >= 4 is 45.9 Å². The number of carbonyl (C=O) groups is 3. The number of fused-ring (bicyclic) bond motifs is 2. The van der Waals surface area contributed by atoms with Crippen LogP contribution in [0.2, 0.25) is 0 Å². The average molecular weight is 901 g/mol. The highest BCUT2D eigenvalue weighted by atomic mass is 19.3. The summed E-state index contributed by atoms with van der Waals surface area (Å²) in [6, 6.07) is 6.91. The molecule has 18 nitrogen and oxygen atoms in total. The highest BCUT2D eigenvalue weighted by Gasteiger charge is 2.32. The Morgan fingerprint density at radius 1 is 1.00 bits per heavy atom. The SMILES string of the molecule is Cn1c(=O)n(C2CCC(=O)NC2=O)c2ccc(CCOCCN3CCO[C@@H](CNCC4CCC(n5cc(NC(=O)c6cnn7ccc(N8CCCCC8)nc67)c(C(F)F)n5)CC4)C3)cc21. The molecule has 20 heteroatoms. The van der Waals surface area contributed by atoms with E-state index in [2.05, 4.69) is 35.9 Å². The predicted octanol–water partition coefficient (Wildman–Crippen LogP) is 4.02. The van der Waals surface area contributed by atoms with E-state index in [1.807, 2.05) is 24.3 Å². The van der Waals surface area contributed by atoms with Crippen LogP contribution in [0, 0.1) is 5.92 Å². The zero-order valence-electron chi connectivity index (χ0n) is 36.8. The number of hydrogen-bond donors (Lipinski definition) is 3. The Morgan fingerprint density at radius 3 is 2.63 bits per heavy atom. The van der Waals surface area contributed by atoms with Crippen molar-refractivity contribution in [2.45, 2.75) is 88.8 Å². The maximum absolute atomic E-state index is 14.2. The molecule has 3 saturated heterocycles. The van der Waals surface area contributed by atoms with E-state index in [4.69, 9.17) is 14.5 Å². The summed E-state index contributed by atoms with van der Waals surface area (Å²) in [5, 5.41) is 17.2. The summed E-state index contributed by atoms with van der Waals surface area (Å²) in [5.41, 5.74) is 2.28. The third-order valence-corrected chi connectivity index (χ3v) is 13.5. The number of aromatic nitrogens is 7. The number of nitrogens with one attached hydrogen (secondary N) is 3. The van der Waals surface area contributed by atoms with Crippen molar-refractivity contribution in [3.63, 3.8) is 0 Å². The van der Waals surface area contributed by atoms with Gasteiger partial charge in [0, 0.05) is 65.1 Å². The van der Waals surface area contributed by atoms with Crippen molar-refractivity contribution in [2.24, 2.45) is 13.0 Å². The third-order valence-electron chi connectivity index (χ3n) is 13.5. The van der Waals surface area contributed by atoms with Gasteiger partial charge < -0.3 is 25.0 Å². The number of alkyl halides is 2. The fourth-order valence-corrected chi connectivity index (χ4v) is 9.81. The Labute approximate surface area is 374 Å². The quantitative estimate of drug-likeness (QED) is 0.0956. The van der Waals surface area contributed by atoms with Gasteiger partial charge in [-0.25, -0.2) is 23.1 Å². The topological polar surface area (TPSA) is 187 Å². The van der Waals surface area contributed by atoms with Crippen molar-refractivity contribution in [3.8, 4) is 0 Å².